The molecule has 0 aliphatic carbocycles. The van der Waals surface area contributed by atoms with Gasteiger partial charge in [-0.2, -0.15) is 5.01 Å². The van der Waals surface area contributed by atoms with Crippen LogP contribution in [0.5, 0.6) is 0 Å². The Kier molecular flexibility index (Phi) is 6.28. The monoisotopic (exact) mass is 176 g/mol. The van der Waals surface area contributed by atoms with E-state index >= 15 is 0 Å². The summed E-state index contributed by atoms with van der Waals surface area (Å²) in [6, 6.07) is 0. The molecular formula is C8H20N2O2. The number of hydrazine groups is 1. The van der Waals surface area contributed by atoms with Crippen molar-refractivity contribution in [2.75, 3.05) is 13.2 Å². The highest BCUT2D eigenvalue weighted by molar-refractivity contribution is 4.51. The lowest BCUT2D eigenvalue weighted by Gasteiger charge is -2.29. The van der Waals surface area contributed by atoms with Crippen molar-refractivity contribution in [1.29, 1.82) is 0 Å². The molecule has 0 saturated heterocycles. The molecule has 2 unspecified atom stereocenters. The summed E-state index contributed by atoms with van der Waals surface area (Å²) in [7, 11) is 0. The summed E-state index contributed by atoms with van der Waals surface area (Å²) in [5, 5.41) is 1.56. The van der Waals surface area contributed by atoms with Gasteiger partial charge in [-0.15, -0.1) is 0 Å². The van der Waals surface area contributed by atoms with E-state index in [4.69, 9.17) is 15.3 Å². The molecule has 0 radical (unpaired) electrons. The van der Waals surface area contributed by atoms with Crippen molar-refractivity contribution in [3.8, 4) is 0 Å². The third-order valence-electron chi connectivity index (χ3n) is 1.66. The van der Waals surface area contributed by atoms with Crippen LogP contribution < -0.4 is 5.84 Å². The third-order valence-corrected chi connectivity index (χ3v) is 1.66. The Labute approximate surface area is 74.6 Å². The molecule has 0 bridgehead atoms. The molecular weight excluding hydrogens is 156 g/mol. The smallest absolute Gasteiger partial charge is 0.122 e. The number of rotatable bonds is 6. The summed E-state index contributed by atoms with van der Waals surface area (Å²) in [6.45, 7) is 9.00. The number of hydrogen-bond donors (Lipinski definition) is 1. The highest BCUT2D eigenvalue weighted by Crippen LogP contribution is 2.02. The van der Waals surface area contributed by atoms with Crippen LogP contribution in [0.25, 0.3) is 0 Å². The van der Waals surface area contributed by atoms with E-state index in [1.54, 1.807) is 5.01 Å². The van der Waals surface area contributed by atoms with Gasteiger partial charge in [0.05, 0.1) is 0 Å². The van der Waals surface area contributed by atoms with Gasteiger partial charge in [0.15, 0.2) is 0 Å². The van der Waals surface area contributed by atoms with E-state index in [2.05, 4.69) is 0 Å². The van der Waals surface area contributed by atoms with Gasteiger partial charge in [0.25, 0.3) is 0 Å². The number of hydrogen-bond acceptors (Lipinski definition) is 4. The second-order valence-corrected chi connectivity index (χ2v) is 2.56. The highest BCUT2D eigenvalue weighted by Gasteiger charge is 2.15. The van der Waals surface area contributed by atoms with E-state index in [0.29, 0.717) is 13.2 Å². The van der Waals surface area contributed by atoms with Gasteiger partial charge < -0.3 is 9.47 Å². The molecule has 0 amide bonds. The molecule has 0 aromatic carbocycles. The Morgan fingerprint density at radius 1 is 1.08 bits per heavy atom. The molecule has 74 valence electrons. The van der Waals surface area contributed by atoms with E-state index in [1.807, 2.05) is 27.7 Å². The van der Waals surface area contributed by atoms with Crippen LogP contribution in [0.15, 0.2) is 0 Å². The Hall–Kier alpha value is -0.160. The average Bonchev–Trinajstić information content (AvgIpc) is 2.04. The summed E-state index contributed by atoms with van der Waals surface area (Å²) in [5.41, 5.74) is 0. The van der Waals surface area contributed by atoms with Gasteiger partial charge in [0, 0.05) is 13.2 Å². The first kappa shape index (κ1) is 11.8. The third kappa shape index (κ3) is 4.01. The van der Waals surface area contributed by atoms with Crippen LogP contribution in [0.1, 0.15) is 27.7 Å². The van der Waals surface area contributed by atoms with E-state index in [0.717, 1.165) is 0 Å². The first-order valence-electron chi connectivity index (χ1n) is 4.39. The van der Waals surface area contributed by atoms with Crippen molar-refractivity contribution < 1.29 is 9.47 Å². The zero-order valence-electron chi connectivity index (χ0n) is 8.41. The van der Waals surface area contributed by atoms with Crippen molar-refractivity contribution in [2.45, 2.75) is 40.2 Å². The van der Waals surface area contributed by atoms with Gasteiger partial charge in [-0.05, 0) is 27.7 Å². The largest absolute Gasteiger partial charge is 0.362 e. The summed E-state index contributed by atoms with van der Waals surface area (Å²) >= 11 is 0. The van der Waals surface area contributed by atoms with Crippen LogP contribution in [0, 0.1) is 0 Å². The van der Waals surface area contributed by atoms with Crippen LogP contribution in [0.2, 0.25) is 0 Å². The molecule has 0 heterocycles. The first-order chi connectivity index (χ1) is 5.63. The van der Waals surface area contributed by atoms with Crippen LogP contribution in [-0.2, 0) is 9.47 Å². The van der Waals surface area contributed by atoms with Gasteiger partial charge in [0.1, 0.15) is 12.5 Å². The molecule has 0 rings (SSSR count). The molecule has 0 saturated carbocycles. The molecule has 0 aliphatic rings. The average molecular weight is 176 g/mol. The molecule has 2 N–H and O–H groups in total. The first-order valence-corrected chi connectivity index (χ1v) is 4.39. The lowest BCUT2D eigenvalue weighted by molar-refractivity contribution is -0.138. The molecule has 2 atom stereocenters. The Morgan fingerprint density at radius 3 is 1.67 bits per heavy atom. The predicted molar refractivity (Wildman–Crippen MR) is 48.2 cm³/mol. The van der Waals surface area contributed by atoms with E-state index in [1.165, 1.54) is 0 Å². The normalized spacial score (nSPS) is 16.5. The van der Waals surface area contributed by atoms with Crippen molar-refractivity contribution >= 4 is 0 Å². The lowest BCUT2D eigenvalue weighted by Crippen LogP contribution is -2.48. The number of ether oxygens (including phenoxy) is 2. The minimum Gasteiger partial charge on any atom is -0.362 e. The van der Waals surface area contributed by atoms with Crippen molar-refractivity contribution in [3.05, 3.63) is 0 Å². The summed E-state index contributed by atoms with van der Waals surface area (Å²) < 4.78 is 10.6. The van der Waals surface area contributed by atoms with Crippen LogP contribution in [0.3, 0.4) is 0 Å². The van der Waals surface area contributed by atoms with Gasteiger partial charge in [-0.25, -0.2) is 0 Å². The van der Waals surface area contributed by atoms with E-state index in [-0.39, 0.29) is 12.5 Å². The second kappa shape index (κ2) is 6.37. The van der Waals surface area contributed by atoms with Gasteiger partial charge in [-0.3, -0.25) is 5.84 Å². The quantitative estimate of drug-likeness (QED) is 0.371. The molecule has 4 nitrogen and oxygen atoms in total. The SMILES string of the molecule is CCOC(C)N(N)C(C)OCC. The second-order valence-electron chi connectivity index (χ2n) is 2.56. The Morgan fingerprint density at radius 2 is 1.42 bits per heavy atom. The molecule has 0 aliphatic heterocycles. The number of nitrogens with zero attached hydrogens (tertiary/aromatic N) is 1. The van der Waals surface area contributed by atoms with Crippen molar-refractivity contribution in [1.82, 2.24) is 5.01 Å². The fourth-order valence-corrected chi connectivity index (χ4v) is 0.950. The fraction of sp³-hybridized carbons (Fsp3) is 1.00. The predicted octanol–water partition coefficient (Wildman–Crippen LogP) is 0.927. The van der Waals surface area contributed by atoms with Gasteiger partial charge >= 0.3 is 0 Å². The highest BCUT2D eigenvalue weighted by atomic mass is 16.5. The molecule has 0 aromatic rings. The standard InChI is InChI=1S/C8H20N2O2/c1-5-11-7(3)10(9)8(4)12-6-2/h7-8H,5-6,9H2,1-4H3. The minimum atomic E-state index is -0.100. The Bertz CT molecular complexity index is 99.2. The maximum Gasteiger partial charge on any atom is 0.122 e. The number of nitrogens with two attached hydrogens (primary N) is 1. The topological polar surface area (TPSA) is 47.7 Å². The van der Waals surface area contributed by atoms with E-state index < -0.39 is 0 Å². The molecule has 0 aromatic heterocycles. The van der Waals surface area contributed by atoms with Gasteiger partial charge in [0.2, 0.25) is 0 Å². The van der Waals surface area contributed by atoms with Crippen LogP contribution >= 0.6 is 0 Å². The van der Waals surface area contributed by atoms with Crippen LogP contribution in [-0.4, -0.2) is 30.7 Å². The zero-order valence-corrected chi connectivity index (χ0v) is 8.41. The Balaban J connectivity index is 3.73. The lowest BCUT2D eigenvalue weighted by atomic mass is 10.5. The molecule has 12 heavy (non-hydrogen) atoms. The molecule has 4 heteroatoms. The van der Waals surface area contributed by atoms with Crippen LogP contribution in [0.4, 0.5) is 0 Å². The maximum absolute atomic E-state index is 5.72. The summed E-state index contributed by atoms with van der Waals surface area (Å²) in [4.78, 5) is 0. The van der Waals surface area contributed by atoms with E-state index in [9.17, 15) is 0 Å². The molecule has 0 fully saturated rings. The summed E-state index contributed by atoms with van der Waals surface area (Å²) in [6.07, 6.45) is -0.201. The maximum atomic E-state index is 5.72. The van der Waals surface area contributed by atoms with Crippen molar-refractivity contribution in [2.24, 2.45) is 5.84 Å². The minimum absolute atomic E-state index is 0.100. The van der Waals surface area contributed by atoms with Crippen molar-refractivity contribution in [3.63, 3.8) is 0 Å². The summed E-state index contributed by atoms with van der Waals surface area (Å²) in [5.74, 6) is 5.72. The zero-order chi connectivity index (χ0) is 9.56. The fourth-order valence-electron chi connectivity index (χ4n) is 0.950. The van der Waals surface area contributed by atoms with Gasteiger partial charge in [-0.1, -0.05) is 0 Å². The molecule has 0 spiro atoms.